The van der Waals surface area contributed by atoms with Crippen molar-refractivity contribution in [3.63, 3.8) is 0 Å². The highest BCUT2D eigenvalue weighted by atomic mass is 15.1. The fourth-order valence-electron chi connectivity index (χ4n) is 3.46. The Bertz CT molecular complexity index is 265. The average molecular weight is 460 g/mol. The van der Waals surface area contributed by atoms with Crippen molar-refractivity contribution in [2.45, 2.75) is 127 Å². The van der Waals surface area contributed by atoms with Crippen LogP contribution < -0.4 is 0 Å². The molecule has 0 aromatic rings. The first-order chi connectivity index (χ1) is 15.5. The van der Waals surface area contributed by atoms with E-state index in [9.17, 15) is 0 Å². The molecule has 32 heavy (non-hydrogen) atoms. The molecule has 200 valence electrons. The van der Waals surface area contributed by atoms with Crippen LogP contribution in [0.2, 0.25) is 0 Å². The summed E-state index contributed by atoms with van der Waals surface area (Å²) in [5.74, 6) is 0.980. The number of rotatable bonds is 8. The van der Waals surface area contributed by atoms with Gasteiger partial charge in [-0.15, -0.1) is 0 Å². The largest absolute Gasteiger partial charge is 0.309 e. The Balaban J connectivity index is -0.000000168. The number of hydrogen-bond acceptors (Lipinski definition) is 3. The Kier molecular flexibility index (Phi) is 43.4. The molecule has 3 nitrogen and oxygen atoms in total. The van der Waals surface area contributed by atoms with Crippen LogP contribution in [0, 0.1) is 5.92 Å². The molecule has 0 spiro atoms. The molecule has 0 aliphatic carbocycles. The van der Waals surface area contributed by atoms with Crippen LogP contribution in [-0.2, 0) is 0 Å². The summed E-state index contributed by atoms with van der Waals surface area (Å²) in [5, 5.41) is 0. The lowest BCUT2D eigenvalue weighted by Gasteiger charge is -2.29. The van der Waals surface area contributed by atoms with Crippen molar-refractivity contribution in [1.29, 1.82) is 0 Å². The molecule has 0 radical (unpaired) electrons. The zero-order valence-electron chi connectivity index (χ0n) is 25.2. The van der Waals surface area contributed by atoms with E-state index >= 15 is 0 Å². The zero-order chi connectivity index (χ0) is 25.6. The predicted octanol–water partition coefficient (Wildman–Crippen LogP) is 8.44. The first kappa shape index (κ1) is 39.1. The summed E-state index contributed by atoms with van der Waals surface area (Å²) >= 11 is 0. The summed E-state index contributed by atoms with van der Waals surface area (Å²) in [6.45, 7) is 30.4. The molecule has 0 aromatic heterocycles. The Hall–Kier alpha value is -0.120. The SMILES string of the molecule is CC.CC.CC.CCCCN(C)C.CCCCN1CCC(C)CC1.CCCN1CCCC1. The summed E-state index contributed by atoms with van der Waals surface area (Å²) in [6.07, 6.45) is 12.4. The van der Waals surface area contributed by atoms with Crippen LogP contribution in [0.15, 0.2) is 0 Å². The highest BCUT2D eigenvalue weighted by molar-refractivity contribution is 4.68. The third-order valence-electron chi connectivity index (χ3n) is 5.40. The molecular weight excluding hydrogens is 390 g/mol. The first-order valence-electron chi connectivity index (χ1n) is 14.6. The zero-order valence-corrected chi connectivity index (χ0v) is 25.2. The second kappa shape index (κ2) is 35.5. The molecule has 2 saturated heterocycles. The molecule has 0 bridgehead atoms. The van der Waals surface area contributed by atoms with E-state index in [1.54, 1.807) is 0 Å². The van der Waals surface area contributed by atoms with Crippen LogP contribution in [0.1, 0.15) is 127 Å². The quantitative estimate of drug-likeness (QED) is 0.360. The summed E-state index contributed by atoms with van der Waals surface area (Å²) in [6, 6.07) is 0. The van der Waals surface area contributed by atoms with E-state index in [-0.39, 0.29) is 0 Å². The maximum absolute atomic E-state index is 2.61. The Labute approximate surface area is 207 Å². The minimum atomic E-state index is 0.980. The van der Waals surface area contributed by atoms with Gasteiger partial charge < -0.3 is 14.7 Å². The maximum Gasteiger partial charge on any atom is -0.00162 e. The van der Waals surface area contributed by atoms with Crippen LogP contribution in [0.5, 0.6) is 0 Å². The van der Waals surface area contributed by atoms with Gasteiger partial charge in [-0.3, -0.25) is 0 Å². The van der Waals surface area contributed by atoms with Gasteiger partial charge >= 0.3 is 0 Å². The van der Waals surface area contributed by atoms with E-state index in [2.05, 4.69) is 56.5 Å². The lowest BCUT2D eigenvalue weighted by molar-refractivity contribution is 0.190. The fourth-order valence-corrected chi connectivity index (χ4v) is 3.46. The molecule has 0 N–H and O–H groups in total. The van der Waals surface area contributed by atoms with Crippen LogP contribution in [-0.4, -0.2) is 74.6 Å². The minimum Gasteiger partial charge on any atom is -0.309 e. The van der Waals surface area contributed by atoms with Gasteiger partial charge in [0.25, 0.3) is 0 Å². The van der Waals surface area contributed by atoms with Crippen LogP contribution in [0.3, 0.4) is 0 Å². The molecule has 2 fully saturated rings. The van der Waals surface area contributed by atoms with E-state index in [4.69, 9.17) is 0 Å². The standard InChI is InChI=1S/C10H21N.C7H15N.C6H15N.3C2H6/c1-3-4-7-11-8-5-10(2)6-9-11;1-2-5-8-6-3-4-7-8;1-4-5-6-7(2)3;3*1-2/h10H,3-9H2,1-2H3;2-7H2,1H3;4-6H2,1-3H3;3*1-2H3. The molecule has 3 heteroatoms. The van der Waals surface area contributed by atoms with E-state index in [1.165, 1.54) is 104 Å². The van der Waals surface area contributed by atoms with Gasteiger partial charge in [0.05, 0.1) is 0 Å². The smallest absolute Gasteiger partial charge is 0.00162 e. The number of nitrogens with zero attached hydrogens (tertiary/aromatic N) is 3. The summed E-state index contributed by atoms with van der Waals surface area (Å²) in [4.78, 5) is 7.37. The molecule has 2 aliphatic heterocycles. The van der Waals surface area contributed by atoms with Crippen LogP contribution in [0.4, 0.5) is 0 Å². The average Bonchev–Trinajstić information content (AvgIpc) is 3.36. The van der Waals surface area contributed by atoms with Gasteiger partial charge in [-0.25, -0.2) is 0 Å². The highest BCUT2D eigenvalue weighted by Crippen LogP contribution is 2.15. The Morgan fingerprint density at radius 1 is 0.625 bits per heavy atom. The van der Waals surface area contributed by atoms with Crippen LogP contribution >= 0.6 is 0 Å². The summed E-state index contributed by atoms with van der Waals surface area (Å²) < 4.78 is 0. The van der Waals surface area contributed by atoms with Gasteiger partial charge in [-0.05, 0) is 111 Å². The number of hydrogen-bond donors (Lipinski definition) is 0. The van der Waals surface area contributed by atoms with Gasteiger partial charge in [0.15, 0.2) is 0 Å². The van der Waals surface area contributed by atoms with Crippen molar-refractivity contribution in [3.05, 3.63) is 0 Å². The molecule has 0 aromatic carbocycles. The van der Waals surface area contributed by atoms with Crippen molar-refractivity contribution < 1.29 is 0 Å². The van der Waals surface area contributed by atoms with Gasteiger partial charge in [-0.1, -0.05) is 82.1 Å². The molecule has 0 saturated carbocycles. The molecule has 0 amide bonds. The van der Waals surface area contributed by atoms with E-state index < -0.39 is 0 Å². The molecule has 2 rings (SSSR count). The highest BCUT2D eigenvalue weighted by Gasteiger charge is 2.14. The second-order valence-electron chi connectivity index (χ2n) is 8.58. The molecule has 0 unspecified atom stereocenters. The van der Waals surface area contributed by atoms with Gasteiger partial charge in [0.1, 0.15) is 0 Å². The van der Waals surface area contributed by atoms with Crippen molar-refractivity contribution in [2.75, 3.05) is 59.9 Å². The molecule has 2 heterocycles. The second-order valence-corrected chi connectivity index (χ2v) is 8.58. The Morgan fingerprint density at radius 3 is 1.41 bits per heavy atom. The summed E-state index contributed by atoms with van der Waals surface area (Å²) in [7, 11) is 4.21. The topological polar surface area (TPSA) is 9.72 Å². The number of likely N-dealkylation sites (tertiary alicyclic amines) is 2. The summed E-state index contributed by atoms with van der Waals surface area (Å²) in [5.41, 5.74) is 0. The van der Waals surface area contributed by atoms with E-state index in [0.29, 0.717) is 0 Å². The fraction of sp³-hybridized carbons (Fsp3) is 1.00. The third-order valence-corrected chi connectivity index (χ3v) is 5.40. The van der Waals surface area contributed by atoms with Crippen molar-refractivity contribution in [2.24, 2.45) is 5.92 Å². The van der Waals surface area contributed by atoms with Gasteiger partial charge in [0, 0.05) is 0 Å². The molecular formula is C29H69N3. The normalized spacial score (nSPS) is 16.0. The number of unbranched alkanes of at least 4 members (excludes halogenated alkanes) is 2. The van der Waals surface area contributed by atoms with Crippen molar-refractivity contribution in [1.82, 2.24) is 14.7 Å². The number of piperidine rings is 1. The monoisotopic (exact) mass is 460 g/mol. The molecule has 0 atom stereocenters. The van der Waals surface area contributed by atoms with Crippen molar-refractivity contribution >= 4 is 0 Å². The maximum atomic E-state index is 2.61. The minimum absolute atomic E-state index is 0.980. The van der Waals surface area contributed by atoms with Gasteiger partial charge in [-0.2, -0.15) is 0 Å². The lowest BCUT2D eigenvalue weighted by atomic mass is 9.99. The Morgan fingerprint density at radius 2 is 1.06 bits per heavy atom. The first-order valence-corrected chi connectivity index (χ1v) is 14.6. The lowest BCUT2D eigenvalue weighted by Crippen LogP contribution is -2.33. The van der Waals surface area contributed by atoms with Gasteiger partial charge in [0.2, 0.25) is 0 Å². The van der Waals surface area contributed by atoms with E-state index in [0.717, 1.165) is 5.92 Å². The van der Waals surface area contributed by atoms with Crippen molar-refractivity contribution in [3.8, 4) is 0 Å². The third kappa shape index (κ3) is 32.1. The van der Waals surface area contributed by atoms with E-state index in [1.807, 2.05) is 41.5 Å². The van der Waals surface area contributed by atoms with Crippen LogP contribution in [0.25, 0.3) is 0 Å². The predicted molar refractivity (Wildman–Crippen MR) is 153 cm³/mol. The molecule has 2 aliphatic rings.